The first-order chi connectivity index (χ1) is 10.0. The van der Waals surface area contributed by atoms with Gasteiger partial charge in [0.1, 0.15) is 10.6 Å². The van der Waals surface area contributed by atoms with Crippen LogP contribution in [0.2, 0.25) is 0 Å². The molecule has 10 heteroatoms. The Balaban J connectivity index is 2.41. The van der Waals surface area contributed by atoms with Gasteiger partial charge in [0.05, 0.1) is 22.9 Å². The zero-order valence-electron chi connectivity index (χ0n) is 10.8. The Morgan fingerprint density at radius 2 is 2.29 bits per heavy atom. The molecule has 8 nitrogen and oxygen atoms in total. The molecule has 1 aromatic carbocycles. The number of nitrogens with zero attached hydrogens (tertiary/aromatic N) is 3. The van der Waals surface area contributed by atoms with Gasteiger partial charge in [-0.05, 0) is 13.0 Å². The van der Waals surface area contributed by atoms with Gasteiger partial charge in [0.25, 0.3) is 11.6 Å². The highest BCUT2D eigenvalue weighted by Crippen LogP contribution is 2.27. The van der Waals surface area contributed by atoms with Gasteiger partial charge in [0.15, 0.2) is 5.82 Å². The zero-order valence-corrected chi connectivity index (χ0v) is 11.6. The number of nitro benzene ring substituents is 1. The average molecular weight is 311 g/mol. The van der Waals surface area contributed by atoms with Crippen molar-refractivity contribution in [3.8, 4) is 0 Å². The Bertz CT molecular complexity index is 677. The molecule has 2 aromatic rings. The summed E-state index contributed by atoms with van der Waals surface area (Å²) in [6.45, 7) is 2.15. The topological polar surface area (TPSA) is 110 Å². The minimum absolute atomic E-state index is 0.0238. The van der Waals surface area contributed by atoms with E-state index in [2.05, 4.69) is 20.2 Å². The van der Waals surface area contributed by atoms with E-state index in [1.807, 2.05) is 0 Å². The molecule has 0 unspecified atom stereocenters. The number of rotatable bonds is 5. The molecule has 2 rings (SSSR count). The van der Waals surface area contributed by atoms with Crippen LogP contribution >= 0.6 is 11.5 Å². The van der Waals surface area contributed by atoms with Crippen LogP contribution in [0.1, 0.15) is 17.3 Å². The lowest BCUT2D eigenvalue weighted by Gasteiger charge is -2.08. The van der Waals surface area contributed by atoms with E-state index in [0.29, 0.717) is 11.5 Å². The summed E-state index contributed by atoms with van der Waals surface area (Å²) >= 11 is 0.925. The van der Waals surface area contributed by atoms with Crippen LogP contribution in [0.25, 0.3) is 0 Å². The first-order valence-corrected chi connectivity index (χ1v) is 6.60. The third-order valence-corrected chi connectivity index (χ3v) is 3.07. The van der Waals surface area contributed by atoms with E-state index in [1.165, 1.54) is 6.20 Å². The number of carbonyl (C=O) groups excluding carboxylic acids is 1. The van der Waals surface area contributed by atoms with Crippen molar-refractivity contribution in [1.29, 1.82) is 0 Å². The van der Waals surface area contributed by atoms with Crippen molar-refractivity contribution in [2.75, 3.05) is 17.2 Å². The predicted octanol–water partition coefficient (Wildman–Crippen LogP) is 2.27. The largest absolute Gasteiger partial charge is 0.383 e. The van der Waals surface area contributed by atoms with E-state index in [0.717, 1.165) is 23.7 Å². The van der Waals surface area contributed by atoms with E-state index in [1.54, 1.807) is 6.92 Å². The molecule has 1 heterocycles. The smallest absolute Gasteiger partial charge is 0.285 e. The fourth-order valence-corrected chi connectivity index (χ4v) is 2.04. The second kappa shape index (κ2) is 6.22. The van der Waals surface area contributed by atoms with Crippen molar-refractivity contribution < 1.29 is 14.1 Å². The lowest BCUT2D eigenvalue weighted by molar-refractivity contribution is -0.385. The van der Waals surface area contributed by atoms with Gasteiger partial charge < -0.3 is 10.6 Å². The monoisotopic (exact) mass is 311 g/mol. The molecular formula is C11H10FN5O3S. The number of nitro groups is 1. The van der Waals surface area contributed by atoms with Gasteiger partial charge >= 0.3 is 0 Å². The minimum atomic E-state index is -0.807. The van der Waals surface area contributed by atoms with Gasteiger partial charge in [0.2, 0.25) is 0 Å². The second-order valence-corrected chi connectivity index (χ2v) is 4.66. The Labute approximate surface area is 122 Å². The van der Waals surface area contributed by atoms with Crippen LogP contribution in [-0.2, 0) is 0 Å². The molecule has 0 atom stereocenters. The van der Waals surface area contributed by atoms with Crippen molar-refractivity contribution in [2.24, 2.45) is 0 Å². The molecule has 1 aromatic heterocycles. The maximum absolute atomic E-state index is 13.7. The summed E-state index contributed by atoms with van der Waals surface area (Å²) in [6.07, 6.45) is 1.31. The fraction of sp³-hybridized carbons (Fsp3) is 0.182. The van der Waals surface area contributed by atoms with E-state index in [9.17, 15) is 19.3 Å². The maximum atomic E-state index is 13.7. The quantitative estimate of drug-likeness (QED) is 0.647. The molecule has 0 fully saturated rings. The van der Waals surface area contributed by atoms with Gasteiger partial charge in [-0.25, -0.2) is 4.39 Å². The highest BCUT2D eigenvalue weighted by atomic mass is 32.1. The Kier molecular flexibility index (Phi) is 4.38. The molecule has 21 heavy (non-hydrogen) atoms. The summed E-state index contributed by atoms with van der Waals surface area (Å²) in [6, 6.07) is 1.83. The van der Waals surface area contributed by atoms with Gasteiger partial charge in [-0.15, -0.1) is 5.10 Å². The number of hydrogen-bond donors (Lipinski definition) is 2. The fourth-order valence-electron chi connectivity index (χ4n) is 1.62. The number of anilines is 2. The molecule has 110 valence electrons. The average Bonchev–Trinajstić information content (AvgIpc) is 2.93. The summed E-state index contributed by atoms with van der Waals surface area (Å²) in [5.41, 5.74) is -0.828. The van der Waals surface area contributed by atoms with Gasteiger partial charge in [0, 0.05) is 18.1 Å². The van der Waals surface area contributed by atoms with Crippen LogP contribution in [0.5, 0.6) is 0 Å². The van der Waals surface area contributed by atoms with Crippen LogP contribution < -0.4 is 10.6 Å². The lowest BCUT2D eigenvalue weighted by atomic mass is 10.1. The molecule has 0 radical (unpaired) electrons. The third-order valence-electron chi connectivity index (χ3n) is 2.49. The molecule has 1 amide bonds. The molecule has 0 aliphatic heterocycles. The van der Waals surface area contributed by atoms with E-state index in [-0.39, 0.29) is 11.3 Å². The first kappa shape index (κ1) is 14.8. The van der Waals surface area contributed by atoms with Gasteiger partial charge in [-0.3, -0.25) is 14.9 Å². The van der Waals surface area contributed by atoms with Crippen LogP contribution in [-0.4, -0.2) is 27.0 Å². The molecule has 0 bridgehead atoms. The molecule has 0 saturated heterocycles. The van der Waals surface area contributed by atoms with Gasteiger partial charge in [-0.1, -0.05) is 4.49 Å². The summed E-state index contributed by atoms with van der Waals surface area (Å²) in [5, 5.41) is 20.0. The lowest BCUT2D eigenvalue weighted by Crippen LogP contribution is -2.14. The molecule has 0 aliphatic rings. The molecule has 0 spiro atoms. The maximum Gasteiger partial charge on any atom is 0.285 e. The predicted molar refractivity (Wildman–Crippen MR) is 75.1 cm³/mol. The van der Waals surface area contributed by atoms with E-state index < -0.39 is 22.3 Å². The number of halogens is 1. The minimum Gasteiger partial charge on any atom is -0.383 e. The number of benzene rings is 1. The second-order valence-electron chi connectivity index (χ2n) is 3.87. The van der Waals surface area contributed by atoms with Crippen molar-refractivity contribution in [2.45, 2.75) is 6.92 Å². The van der Waals surface area contributed by atoms with Crippen LogP contribution in [0.3, 0.4) is 0 Å². The molecule has 0 aliphatic carbocycles. The standard InChI is InChI=1S/C11H10FN5O3S/c1-2-13-8-3-6(9(17(19)20)4-7(8)12)11(18)15-10-5-14-16-21-10/h3-5,13H,2H2,1H3,(H,15,18). The number of carbonyl (C=O) groups is 1. The van der Waals surface area contributed by atoms with Crippen molar-refractivity contribution in [3.05, 3.63) is 39.8 Å². The number of amides is 1. The normalized spacial score (nSPS) is 10.2. The highest BCUT2D eigenvalue weighted by molar-refractivity contribution is 7.10. The highest BCUT2D eigenvalue weighted by Gasteiger charge is 2.24. The number of hydrogen-bond acceptors (Lipinski definition) is 7. The SMILES string of the molecule is CCNc1cc(C(=O)Nc2cnns2)c([N+](=O)[O-])cc1F. The van der Waals surface area contributed by atoms with Crippen LogP contribution in [0.15, 0.2) is 18.3 Å². The van der Waals surface area contributed by atoms with E-state index >= 15 is 0 Å². The van der Waals surface area contributed by atoms with Crippen LogP contribution in [0, 0.1) is 15.9 Å². The van der Waals surface area contributed by atoms with Crippen molar-refractivity contribution in [1.82, 2.24) is 9.59 Å². The van der Waals surface area contributed by atoms with Gasteiger partial charge in [-0.2, -0.15) is 0 Å². The summed E-state index contributed by atoms with van der Waals surface area (Å²) in [5.74, 6) is -1.52. The zero-order chi connectivity index (χ0) is 15.4. The summed E-state index contributed by atoms with van der Waals surface area (Å²) < 4.78 is 17.3. The summed E-state index contributed by atoms with van der Waals surface area (Å²) in [4.78, 5) is 22.2. The molecular weight excluding hydrogens is 301 g/mol. The Hall–Kier alpha value is -2.62. The summed E-state index contributed by atoms with van der Waals surface area (Å²) in [7, 11) is 0. The number of aromatic nitrogens is 2. The van der Waals surface area contributed by atoms with Crippen molar-refractivity contribution in [3.63, 3.8) is 0 Å². The number of nitrogens with one attached hydrogen (secondary N) is 2. The first-order valence-electron chi connectivity index (χ1n) is 5.83. The Morgan fingerprint density at radius 1 is 1.52 bits per heavy atom. The van der Waals surface area contributed by atoms with E-state index in [4.69, 9.17) is 0 Å². The third kappa shape index (κ3) is 3.28. The van der Waals surface area contributed by atoms with Crippen molar-refractivity contribution >= 4 is 33.8 Å². The molecule has 2 N–H and O–H groups in total. The molecule has 0 saturated carbocycles. The van der Waals surface area contributed by atoms with Crippen LogP contribution in [0.4, 0.5) is 20.8 Å². The Morgan fingerprint density at radius 3 is 2.86 bits per heavy atom.